The van der Waals surface area contributed by atoms with Crippen LogP contribution >= 0.6 is 0 Å². The van der Waals surface area contributed by atoms with Gasteiger partial charge in [-0.25, -0.2) is 4.39 Å². The molecule has 0 aliphatic heterocycles. The van der Waals surface area contributed by atoms with Crippen LogP contribution in [-0.4, -0.2) is 43.3 Å². The number of allylic oxidation sites excluding steroid dienone is 3. The Hall–Kier alpha value is -1.99. The minimum absolute atomic E-state index is 0.0338. The van der Waals surface area contributed by atoms with Crippen LogP contribution in [0.5, 0.6) is 0 Å². The minimum Gasteiger partial charge on any atom is -0.317 e. The largest absolute Gasteiger partial charge is 0.453 e. The second-order valence-electron chi connectivity index (χ2n) is 7.77. The normalized spacial score (nSPS) is 30.1. The smallest absolute Gasteiger partial charge is 0.317 e. The lowest BCUT2D eigenvalue weighted by atomic mass is 9.78. The Bertz CT molecular complexity index is 767. The molecule has 0 spiro atoms. The van der Waals surface area contributed by atoms with Crippen molar-refractivity contribution < 1.29 is 22.4 Å². The molecule has 0 aromatic heterocycles. The van der Waals surface area contributed by atoms with Crippen molar-refractivity contribution >= 4 is 11.4 Å². The zero-order valence-electron chi connectivity index (χ0n) is 16.3. The van der Waals surface area contributed by atoms with E-state index in [9.17, 15) is 18.0 Å². The lowest BCUT2D eigenvalue weighted by Gasteiger charge is -2.35. The Kier molecular flexibility index (Phi) is 6.58. The second-order valence-corrected chi connectivity index (χ2v) is 7.77. The van der Waals surface area contributed by atoms with Gasteiger partial charge in [0.2, 0.25) is 5.67 Å². The molecule has 2 aliphatic carbocycles. The van der Waals surface area contributed by atoms with Gasteiger partial charge in [0.25, 0.3) is 5.78 Å². The van der Waals surface area contributed by atoms with E-state index >= 15 is 4.39 Å². The van der Waals surface area contributed by atoms with Crippen molar-refractivity contribution in [2.45, 2.75) is 49.6 Å². The number of carbonyl (C=O) groups is 1. The van der Waals surface area contributed by atoms with Crippen LogP contribution in [0.15, 0.2) is 48.6 Å². The van der Waals surface area contributed by atoms with Crippen LogP contribution in [0, 0.1) is 5.92 Å². The van der Waals surface area contributed by atoms with Crippen LogP contribution in [0.25, 0.3) is 5.57 Å². The highest BCUT2D eigenvalue weighted by molar-refractivity contribution is 5.96. The van der Waals surface area contributed by atoms with Crippen LogP contribution in [0.3, 0.4) is 0 Å². The van der Waals surface area contributed by atoms with E-state index in [-0.39, 0.29) is 12.6 Å². The van der Waals surface area contributed by atoms with Crippen LogP contribution in [0.2, 0.25) is 0 Å². The molecule has 29 heavy (non-hydrogen) atoms. The van der Waals surface area contributed by atoms with E-state index in [1.807, 2.05) is 13.1 Å². The standard InChI is InChI=1S/C22H26F4N2O/c1-27-18-7-9-19(10-8-18)28-14-17-13-16(15-5-3-2-4-6-15)11-12-21(17,23)20(29)22(24,25)26/h2-6,11-13,17-19,27-28H,7-10,14H2,1H3. The summed E-state index contributed by atoms with van der Waals surface area (Å²) < 4.78 is 54.7. The predicted octanol–water partition coefficient (Wildman–Crippen LogP) is 4.22. The molecule has 2 atom stereocenters. The van der Waals surface area contributed by atoms with Gasteiger partial charge in [0.15, 0.2) is 0 Å². The van der Waals surface area contributed by atoms with Crippen LogP contribution in [0.1, 0.15) is 31.2 Å². The van der Waals surface area contributed by atoms with Gasteiger partial charge in [-0.3, -0.25) is 4.79 Å². The average Bonchev–Trinajstić information content (AvgIpc) is 2.73. The highest BCUT2D eigenvalue weighted by Crippen LogP contribution is 2.39. The third-order valence-corrected chi connectivity index (χ3v) is 5.90. The molecular formula is C22H26F4N2O. The second kappa shape index (κ2) is 8.79. The summed E-state index contributed by atoms with van der Waals surface area (Å²) >= 11 is 0. The van der Waals surface area contributed by atoms with E-state index < -0.39 is 23.5 Å². The van der Waals surface area contributed by atoms with Crippen molar-refractivity contribution in [3.63, 3.8) is 0 Å². The lowest BCUT2D eigenvalue weighted by Crippen LogP contribution is -2.51. The van der Waals surface area contributed by atoms with E-state index in [0.717, 1.165) is 37.3 Å². The average molecular weight is 410 g/mol. The summed E-state index contributed by atoms with van der Waals surface area (Å²) in [6.45, 7) is -0.0338. The van der Waals surface area contributed by atoms with Crippen molar-refractivity contribution in [2.24, 2.45) is 5.92 Å². The molecule has 3 rings (SSSR count). The summed E-state index contributed by atoms with van der Waals surface area (Å²) in [5, 5.41) is 6.43. The number of halogens is 4. The molecule has 0 heterocycles. The molecule has 1 saturated carbocycles. The fourth-order valence-corrected chi connectivity index (χ4v) is 4.10. The molecule has 158 valence electrons. The van der Waals surface area contributed by atoms with Crippen LogP contribution in [-0.2, 0) is 4.79 Å². The molecule has 2 N–H and O–H groups in total. The molecular weight excluding hydrogens is 384 g/mol. The van der Waals surface area contributed by atoms with E-state index in [2.05, 4.69) is 10.6 Å². The number of hydrogen-bond donors (Lipinski definition) is 2. The number of nitrogens with one attached hydrogen (secondary N) is 2. The molecule has 1 fully saturated rings. The third kappa shape index (κ3) is 4.95. The summed E-state index contributed by atoms with van der Waals surface area (Å²) in [4.78, 5) is 11.9. The molecule has 2 unspecified atom stereocenters. The van der Waals surface area contributed by atoms with E-state index in [1.54, 1.807) is 24.3 Å². The van der Waals surface area contributed by atoms with Crippen molar-refractivity contribution in [2.75, 3.05) is 13.6 Å². The quantitative estimate of drug-likeness (QED) is 0.690. The Morgan fingerprint density at radius 2 is 1.72 bits per heavy atom. The zero-order valence-corrected chi connectivity index (χ0v) is 16.3. The summed E-state index contributed by atoms with van der Waals surface area (Å²) in [5.74, 6) is -3.59. The van der Waals surface area contributed by atoms with Gasteiger partial charge in [-0.1, -0.05) is 42.5 Å². The molecule has 0 radical (unpaired) electrons. The minimum atomic E-state index is -5.24. The first kappa shape index (κ1) is 21.7. The first-order valence-corrected chi connectivity index (χ1v) is 9.91. The van der Waals surface area contributed by atoms with Gasteiger partial charge in [0.05, 0.1) is 0 Å². The maximum atomic E-state index is 15.4. The monoisotopic (exact) mass is 410 g/mol. The zero-order chi connectivity index (χ0) is 21.1. The van der Waals surface area contributed by atoms with Crippen molar-refractivity contribution in [3.05, 3.63) is 54.1 Å². The summed E-state index contributed by atoms with van der Waals surface area (Å²) in [5.41, 5.74) is -1.73. The molecule has 1 aromatic carbocycles. The number of ketones is 1. The number of hydrogen-bond acceptors (Lipinski definition) is 3. The van der Waals surface area contributed by atoms with Gasteiger partial charge in [0, 0.05) is 24.5 Å². The lowest BCUT2D eigenvalue weighted by molar-refractivity contribution is -0.182. The van der Waals surface area contributed by atoms with E-state index in [0.29, 0.717) is 11.6 Å². The number of rotatable bonds is 6. The van der Waals surface area contributed by atoms with Gasteiger partial charge in [0.1, 0.15) is 0 Å². The Balaban J connectivity index is 1.80. The maximum absolute atomic E-state index is 15.4. The molecule has 0 amide bonds. The first-order valence-electron chi connectivity index (χ1n) is 9.91. The van der Waals surface area contributed by atoms with E-state index in [4.69, 9.17) is 0 Å². The molecule has 7 heteroatoms. The number of alkyl halides is 4. The fraction of sp³-hybridized carbons (Fsp3) is 0.500. The number of carbonyl (C=O) groups excluding carboxylic acids is 1. The van der Waals surface area contributed by atoms with Gasteiger partial charge in [-0.2, -0.15) is 13.2 Å². The maximum Gasteiger partial charge on any atom is 0.453 e. The summed E-state index contributed by atoms with van der Waals surface area (Å²) in [7, 11) is 1.91. The van der Waals surface area contributed by atoms with Crippen LogP contribution < -0.4 is 10.6 Å². The Morgan fingerprint density at radius 3 is 2.31 bits per heavy atom. The van der Waals surface area contributed by atoms with Gasteiger partial charge in [-0.15, -0.1) is 0 Å². The van der Waals surface area contributed by atoms with Gasteiger partial charge < -0.3 is 10.6 Å². The molecule has 3 nitrogen and oxygen atoms in total. The van der Waals surface area contributed by atoms with Crippen molar-refractivity contribution in [1.29, 1.82) is 0 Å². The van der Waals surface area contributed by atoms with Crippen molar-refractivity contribution in [3.8, 4) is 0 Å². The number of Topliss-reactive ketones (excluding diaryl/α,β-unsaturated/α-hetero) is 1. The Labute approximate surface area is 168 Å². The third-order valence-electron chi connectivity index (χ3n) is 5.90. The fourth-order valence-electron chi connectivity index (χ4n) is 4.10. The topological polar surface area (TPSA) is 41.1 Å². The van der Waals surface area contributed by atoms with Gasteiger partial charge >= 0.3 is 6.18 Å². The summed E-state index contributed by atoms with van der Waals surface area (Å²) in [6, 6.07) is 9.56. The SMILES string of the molecule is CNC1CCC(NCC2C=C(c3ccccc3)C=CC2(F)C(=O)C(F)(F)F)CC1. The number of benzene rings is 1. The highest BCUT2D eigenvalue weighted by Gasteiger charge is 2.56. The summed E-state index contributed by atoms with van der Waals surface area (Å²) in [6.07, 6.45) is 1.87. The molecule has 2 aliphatic rings. The first-order chi connectivity index (χ1) is 13.7. The molecule has 1 aromatic rings. The Morgan fingerprint density at radius 1 is 1.10 bits per heavy atom. The highest BCUT2D eigenvalue weighted by atomic mass is 19.4. The van der Waals surface area contributed by atoms with E-state index in [1.165, 1.54) is 12.2 Å². The van der Waals surface area contributed by atoms with Crippen LogP contribution in [0.4, 0.5) is 17.6 Å². The van der Waals surface area contributed by atoms with Crippen molar-refractivity contribution in [1.82, 2.24) is 10.6 Å². The predicted molar refractivity (Wildman–Crippen MR) is 105 cm³/mol. The molecule has 0 saturated heterocycles. The molecule has 0 bridgehead atoms. The van der Waals surface area contributed by atoms with Gasteiger partial charge in [-0.05, 0) is 49.9 Å².